The van der Waals surface area contributed by atoms with Crippen molar-refractivity contribution in [2.24, 2.45) is 11.3 Å². The minimum absolute atomic E-state index is 0.0410. The van der Waals surface area contributed by atoms with Crippen molar-refractivity contribution in [3.8, 4) is 28.3 Å². The summed E-state index contributed by atoms with van der Waals surface area (Å²) in [4.78, 5) is 15.6. The van der Waals surface area contributed by atoms with Gasteiger partial charge in [-0.05, 0) is 162 Å². The highest BCUT2D eigenvalue weighted by Crippen LogP contribution is 2.67. The molecule has 10 aromatic carbocycles. The smallest absolute Gasteiger partial charge is 0.169 e. The molecule has 0 radical (unpaired) electrons. The van der Waals surface area contributed by atoms with Gasteiger partial charge in [0.15, 0.2) is 5.78 Å². The quantitative estimate of drug-likeness (QED) is 0.162. The van der Waals surface area contributed by atoms with Crippen LogP contribution in [-0.2, 0) is 10.8 Å². The fourth-order valence-electron chi connectivity index (χ4n) is 19.5. The van der Waals surface area contributed by atoms with E-state index in [4.69, 9.17) is 0 Å². The monoisotopic (exact) mass is 1120 g/mol. The van der Waals surface area contributed by atoms with E-state index >= 15 is 4.79 Å². The van der Waals surface area contributed by atoms with Crippen LogP contribution < -0.4 is 5.19 Å². The molecule has 4 heterocycles. The molecule has 0 unspecified atom stereocenters. The molecule has 1 spiro atoms. The summed E-state index contributed by atoms with van der Waals surface area (Å²) in [5, 5.41) is 23.4. The third-order valence-electron chi connectivity index (χ3n) is 24.8. The maximum atomic E-state index is 15.6. The highest BCUT2D eigenvalue weighted by molar-refractivity contribution is 6.92. The molecule has 0 atom stereocenters. The molecule has 0 N–H and O–H groups in total. The van der Waals surface area contributed by atoms with Crippen LogP contribution in [0.3, 0.4) is 0 Å². The molecule has 8 aliphatic rings. The normalized spacial score (nSPS) is 21.1. The van der Waals surface area contributed by atoms with Gasteiger partial charge in [-0.2, -0.15) is 5.26 Å². The number of aromatic nitrogens is 2. The van der Waals surface area contributed by atoms with Crippen molar-refractivity contribution in [3.05, 3.63) is 242 Å². The van der Waals surface area contributed by atoms with Crippen LogP contribution >= 0.6 is 0 Å². The van der Waals surface area contributed by atoms with E-state index in [1.165, 1.54) is 148 Å². The Morgan fingerprint density at radius 1 is 0.512 bits per heavy atom. The zero-order chi connectivity index (χ0) is 57.8. The molecular weight excluding hydrogens is 1060 g/mol. The molecule has 0 saturated heterocycles. The third kappa shape index (κ3) is 5.16. The van der Waals surface area contributed by atoms with Crippen molar-refractivity contribution in [1.82, 2.24) is 8.80 Å². The average molecular weight is 1120 g/mol. The lowest BCUT2D eigenvalue weighted by molar-refractivity contribution is 0.0543. The summed E-state index contributed by atoms with van der Waals surface area (Å²) in [7, 11) is -2.14. The van der Waals surface area contributed by atoms with E-state index in [1.807, 2.05) is 0 Å². The third-order valence-corrected chi connectivity index (χ3v) is 30.2. The average Bonchev–Trinajstić information content (AvgIpc) is 1.44. The van der Waals surface area contributed by atoms with Crippen molar-refractivity contribution >= 4 is 95.2 Å². The van der Waals surface area contributed by atoms with Crippen LogP contribution in [0, 0.1) is 22.7 Å². The van der Waals surface area contributed by atoms with Gasteiger partial charge < -0.3 is 8.80 Å². The van der Waals surface area contributed by atoms with Crippen molar-refractivity contribution in [3.63, 3.8) is 0 Å². The molecule has 412 valence electrons. The van der Waals surface area contributed by atoms with Crippen molar-refractivity contribution in [2.45, 2.75) is 108 Å². The van der Waals surface area contributed by atoms with Crippen molar-refractivity contribution in [2.75, 3.05) is 0 Å². The molecule has 4 aromatic heterocycles. The number of carbonyl (C=O) groups is 1. The van der Waals surface area contributed by atoms with Crippen LogP contribution in [0.25, 0.3) is 98.4 Å². The van der Waals surface area contributed by atoms with Gasteiger partial charge in [-0.3, -0.25) is 4.79 Å². The minimum Gasteiger partial charge on any atom is -0.308 e. The lowest BCUT2D eigenvalue weighted by Gasteiger charge is -2.43. The summed E-state index contributed by atoms with van der Waals surface area (Å²) in [6.45, 7) is 19.5. The van der Waals surface area contributed by atoms with Crippen LogP contribution in [0.2, 0.25) is 18.1 Å². The predicted octanol–water partition coefficient (Wildman–Crippen LogP) is 19.6. The predicted molar refractivity (Wildman–Crippen MR) is 356 cm³/mol. The molecule has 4 nitrogen and oxygen atoms in total. The fourth-order valence-corrected chi connectivity index (χ4v) is 21.4. The number of ketones is 1. The first-order valence-corrected chi connectivity index (χ1v) is 34.6. The van der Waals surface area contributed by atoms with E-state index in [2.05, 4.69) is 239 Å². The van der Waals surface area contributed by atoms with Crippen molar-refractivity contribution in [1.29, 1.82) is 5.26 Å². The Bertz CT molecular complexity index is 5510. The number of carbonyl (C=O) groups excluding carboxylic acids is 1. The van der Waals surface area contributed by atoms with E-state index < -0.39 is 13.5 Å². The second-order valence-corrected chi connectivity index (χ2v) is 34.6. The van der Waals surface area contributed by atoms with Crippen LogP contribution in [0.1, 0.15) is 156 Å². The van der Waals surface area contributed by atoms with Crippen LogP contribution in [-0.4, -0.2) is 22.7 Å². The summed E-state index contributed by atoms with van der Waals surface area (Å²) < 4.78 is 5.23. The lowest BCUT2D eigenvalue weighted by atomic mass is 9.59. The Kier molecular flexibility index (Phi) is 8.57. The number of hydrogen-bond acceptors (Lipinski definition) is 2. The lowest BCUT2D eigenvalue weighted by Crippen LogP contribution is -2.49. The van der Waals surface area contributed by atoms with E-state index in [0.29, 0.717) is 5.78 Å². The van der Waals surface area contributed by atoms with Crippen LogP contribution in [0.4, 0.5) is 0 Å². The Morgan fingerprint density at radius 3 is 1.58 bits per heavy atom. The van der Waals surface area contributed by atoms with Gasteiger partial charge in [0.05, 0.1) is 58.2 Å². The molecule has 1 fully saturated rings. The van der Waals surface area contributed by atoms with E-state index in [-0.39, 0.29) is 33.6 Å². The number of nitrogens with zero attached hydrogens (tertiary/aromatic N) is 3. The van der Waals surface area contributed by atoms with Crippen molar-refractivity contribution < 1.29 is 4.79 Å². The van der Waals surface area contributed by atoms with Gasteiger partial charge >= 0.3 is 0 Å². The summed E-state index contributed by atoms with van der Waals surface area (Å²) in [5.41, 5.74) is 27.2. The molecule has 86 heavy (non-hydrogen) atoms. The summed E-state index contributed by atoms with van der Waals surface area (Å²) in [5.74, 6) is 0.517. The van der Waals surface area contributed by atoms with E-state index in [0.717, 1.165) is 53.4 Å². The number of fused-ring (bicyclic) bond motifs is 25. The summed E-state index contributed by atoms with van der Waals surface area (Å²) in [6, 6.07) is 68.9. The van der Waals surface area contributed by atoms with Gasteiger partial charge in [-0.15, -0.1) is 0 Å². The van der Waals surface area contributed by atoms with E-state index in [9.17, 15) is 5.26 Å². The van der Waals surface area contributed by atoms with Gasteiger partial charge in [-0.1, -0.05) is 193 Å². The topological polar surface area (TPSA) is 49.7 Å². The highest BCUT2D eigenvalue weighted by atomic mass is 28.3. The zero-order valence-corrected chi connectivity index (χ0v) is 51.0. The van der Waals surface area contributed by atoms with Gasteiger partial charge in [-0.25, -0.2) is 0 Å². The number of Topliss-reactive ketones (excluding diaryl/α,β-unsaturated/α-hetero) is 1. The standard InChI is InChI=1S/C81H63N3OSi/c1-42(2)80-31-29-79(6,30-32-80)63-37-52-55-34-44(86(7,8)78(3,4)5)35-56-53-38-66-58(40-65(53)83(75(55)56)64(52)39-57(63)77(80)85)72-74-54(47-21-15-18-28-62(47)81(74)60-26-16-13-19-45(60)46-20-14-17-27-61(46)81)36-59-71-67(84(66)76(59)72)33-43(41-82)68-69-48-22-9-11-24-50(48)70(73(68)71)51-25-12-10-23-49(51)69/h9-28,33-40,42,69-70H,29-32H2,1-8H3. The first-order chi connectivity index (χ1) is 41.6. The summed E-state index contributed by atoms with van der Waals surface area (Å²) in [6.07, 6.45) is 3.96. The maximum absolute atomic E-state index is 15.6. The van der Waals surface area contributed by atoms with Crippen LogP contribution in [0.15, 0.2) is 170 Å². The molecule has 4 bridgehead atoms. The maximum Gasteiger partial charge on any atom is 0.169 e. The van der Waals surface area contributed by atoms with Gasteiger partial charge in [0, 0.05) is 65.9 Å². The van der Waals surface area contributed by atoms with Gasteiger partial charge in [0.2, 0.25) is 0 Å². The highest BCUT2D eigenvalue weighted by Gasteiger charge is 2.55. The number of hydrogen-bond donors (Lipinski definition) is 0. The van der Waals surface area contributed by atoms with E-state index in [1.54, 1.807) is 0 Å². The first kappa shape index (κ1) is 48.4. The van der Waals surface area contributed by atoms with Crippen LogP contribution in [0.5, 0.6) is 0 Å². The Labute approximate surface area is 501 Å². The summed E-state index contributed by atoms with van der Waals surface area (Å²) >= 11 is 0. The Hall–Kier alpha value is -8.82. The van der Waals surface area contributed by atoms with Gasteiger partial charge in [0.25, 0.3) is 0 Å². The number of nitriles is 1. The molecule has 0 amide bonds. The minimum atomic E-state index is -2.14. The molecule has 14 aromatic rings. The molecule has 0 aliphatic heterocycles. The first-order valence-electron chi connectivity index (χ1n) is 31.6. The molecule has 22 rings (SSSR count). The second-order valence-electron chi connectivity index (χ2n) is 29.3. The van der Waals surface area contributed by atoms with Gasteiger partial charge in [0.1, 0.15) is 0 Å². The largest absolute Gasteiger partial charge is 0.308 e. The molecule has 1 saturated carbocycles. The molecular formula is C81H63N3OSi. The number of rotatable bonds is 2. The Morgan fingerprint density at radius 2 is 1.01 bits per heavy atom. The second kappa shape index (κ2) is 15.2. The zero-order valence-electron chi connectivity index (χ0n) is 50.0. The fraction of sp³-hybridized carbons (Fsp3) is 0.235. The molecule has 5 heteroatoms. The SMILES string of the molecule is CC(C)C12CCC(C)(CC1)c1cc3c4cc([Si](C)(C)C(C)(C)C)cc5c6cc7c(cc6n(c3cc1C2=O)c45)c1c2c(cc3c4c5c(c(C#N)cc4n7c31)C1c3ccccc3C5c3ccccc31)-c1ccccc1C21c2ccccc2-c2ccccc21. The Balaban J connectivity index is 1.01. The molecule has 8 aliphatic carbocycles. The number of benzene rings is 10.